The van der Waals surface area contributed by atoms with Crippen LogP contribution in [0.25, 0.3) is 0 Å². The summed E-state index contributed by atoms with van der Waals surface area (Å²) in [5.41, 5.74) is 7.34. The van der Waals surface area contributed by atoms with Crippen LogP contribution in [0.5, 0.6) is 0 Å². The van der Waals surface area contributed by atoms with Gasteiger partial charge in [-0.15, -0.1) is 0 Å². The molecule has 1 aromatic carbocycles. The SMILES string of the molecule is CC1(C)CCCC(NC(=O)c2cccc(N)c2Br)C1. The Balaban J connectivity index is 2.07. The summed E-state index contributed by atoms with van der Waals surface area (Å²) in [6, 6.07) is 5.65. The second kappa shape index (κ2) is 5.53. The number of rotatable bonds is 2. The molecule has 0 radical (unpaired) electrons. The van der Waals surface area contributed by atoms with Gasteiger partial charge in [-0.05, 0) is 52.7 Å². The van der Waals surface area contributed by atoms with Crippen LogP contribution in [0.3, 0.4) is 0 Å². The van der Waals surface area contributed by atoms with Crippen molar-refractivity contribution in [2.24, 2.45) is 5.41 Å². The molecule has 2 rings (SSSR count). The summed E-state index contributed by atoms with van der Waals surface area (Å²) < 4.78 is 0.683. The normalized spacial score (nSPS) is 21.9. The molecule has 0 spiro atoms. The largest absolute Gasteiger partial charge is 0.398 e. The second-order valence-corrected chi connectivity index (χ2v) is 6.93. The van der Waals surface area contributed by atoms with Gasteiger partial charge in [0, 0.05) is 11.7 Å². The van der Waals surface area contributed by atoms with Crippen LogP contribution in [0.4, 0.5) is 5.69 Å². The molecule has 1 fully saturated rings. The molecule has 1 amide bonds. The van der Waals surface area contributed by atoms with Crippen LogP contribution < -0.4 is 11.1 Å². The van der Waals surface area contributed by atoms with Crippen LogP contribution in [-0.2, 0) is 0 Å². The highest BCUT2D eigenvalue weighted by atomic mass is 79.9. The van der Waals surface area contributed by atoms with E-state index in [1.165, 1.54) is 12.8 Å². The predicted molar refractivity (Wildman–Crippen MR) is 82.1 cm³/mol. The van der Waals surface area contributed by atoms with E-state index >= 15 is 0 Å². The molecular weight excluding hydrogens is 304 g/mol. The Bertz CT molecular complexity index is 485. The lowest BCUT2D eigenvalue weighted by atomic mass is 9.75. The molecule has 104 valence electrons. The third kappa shape index (κ3) is 3.50. The highest BCUT2D eigenvalue weighted by Gasteiger charge is 2.29. The lowest BCUT2D eigenvalue weighted by molar-refractivity contribution is 0.0902. The number of hydrogen-bond acceptors (Lipinski definition) is 2. The highest BCUT2D eigenvalue weighted by Crippen LogP contribution is 2.35. The van der Waals surface area contributed by atoms with Crippen molar-refractivity contribution in [3.63, 3.8) is 0 Å². The Kier molecular flexibility index (Phi) is 4.19. The maximum Gasteiger partial charge on any atom is 0.252 e. The van der Waals surface area contributed by atoms with Crippen LogP contribution in [0.15, 0.2) is 22.7 Å². The molecule has 1 unspecified atom stereocenters. The van der Waals surface area contributed by atoms with Gasteiger partial charge in [-0.2, -0.15) is 0 Å². The second-order valence-electron chi connectivity index (χ2n) is 6.14. The molecule has 3 N–H and O–H groups in total. The van der Waals surface area contributed by atoms with Gasteiger partial charge in [0.25, 0.3) is 5.91 Å². The van der Waals surface area contributed by atoms with Crippen molar-refractivity contribution in [3.05, 3.63) is 28.2 Å². The van der Waals surface area contributed by atoms with Gasteiger partial charge < -0.3 is 11.1 Å². The predicted octanol–water partition coefficient (Wildman–Crippen LogP) is 3.73. The molecule has 1 aliphatic carbocycles. The molecule has 0 aliphatic heterocycles. The minimum Gasteiger partial charge on any atom is -0.398 e. The number of carbonyl (C=O) groups is 1. The number of hydrogen-bond donors (Lipinski definition) is 2. The zero-order valence-electron chi connectivity index (χ0n) is 11.5. The maximum atomic E-state index is 12.3. The molecule has 1 aromatic rings. The van der Waals surface area contributed by atoms with Gasteiger partial charge >= 0.3 is 0 Å². The van der Waals surface area contributed by atoms with E-state index in [2.05, 4.69) is 35.1 Å². The fraction of sp³-hybridized carbons (Fsp3) is 0.533. The van der Waals surface area contributed by atoms with Gasteiger partial charge in [-0.25, -0.2) is 0 Å². The van der Waals surface area contributed by atoms with Crippen molar-refractivity contribution in [1.29, 1.82) is 0 Å². The van der Waals surface area contributed by atoms with Crippen LogP contribution in [0.2, 0.25) is 0 Å². The zero-order chi connectivity index (χ0) is 14.0. The summed E-state index contributed by atoms with van der Waals surface area (Å²) in [7, 11) is 0. The first-order valence-electron chi connectivity index (χ1n) is 6.74. The number of amides is 1. The minimum atomic E-state index is -0.0399. The van der Waals surface area contributed by atoms with Crippen molar-refractivity contribution >= 4 is 27.5 Å². The summed E-state index contributed by atoms with van der Waals surface area (Å²) >= 11 is 3.38. The van der Waals surface area contributed by atoms with E-state index in [0.29, 0.717) is 21.1 Å². The molecule has 4 heteroatoms. The number of carbonyl (C=O) groups excluding carboxylic acids is 1. The summed E-state index contributed by atoms with van der Waals surface area (Å²) in [5.74, 6) is -0.0399. The molecule has 19 heavy (non-hydrogen) atoms. The quantitative estimate of drug-likeness (QED) is 0.814. The van der Waals surface area contributed by atoms with Gasteiger partial charge in [0.05, 0.1) is 10.0 Å². The number of nitrogens with one attached hydrogen (secondary N) is 1. The zero-order valence-corrected chi connectivity index (χ0v) is 13.1. The van der Waals surface area contributed by atoms with Crippen molar-refractivity contribution < 1.29 is 4.79 Å². The Hall–Kier alpha value is -1.03. The molecule has 3 nitrogen and oxygen atoms in total. The Morgan fingerprint density at radius 1 is 1.47 bits per heavy atom. The van der Waals surface area contributed by atoms with Crippen LogP contribution in [-0.4, -0.2) is 11.9 Å². The minimum absolute atomic E-state index is 0.0399. The molecule has 1 aliphatic rings. The Morgan fingerprint density at radius 3 is 2.89 bits per heavy atom. The third-order valence-electron chi connectivity index (χ3n) is 3.81. The van der Waals surface area contributed by atoms with Crippen LogP contribution >= 0.6 is 15.9 Å². The summed E-state index contributed by atoms with van der Waals surface area (Å²) in [4.78, 5) is 12.3. The third-order valence-corrected chi connectivity index (χ3v) is 4.70. The number of nitrogens with two attached hydrogens (primary N) is 1. The van der Waals surface area contributed by atoms with Crippen molar-refractivity contribution in [3.8, 4) is 0 Å². The Morgan fingerprint density at radius 2 is 2.21 bits per heavy atom. The number of benzene rings is 1. The number of anilines is 1. The fourth-order valence-electron chi connectivity index (χ4n) is 2.81. The first kappa shape index (κ1) is 14.4. The molecular formula is C15H21BrN2O. The van der Waals surface area contributed by atoms with Crippen LogP contribution in [0, 0.1) is 5.41 Å². The van der Waals surface area contributed by atoms with E-state index in [9.17, 15) is 4.79 Å². The number of halogens is 1. The lowest BCUT2D eigenvalue weighted by Crippen LogP contribution is -2.40. The first-order chi connectivity index (χ1) is 8.89. The van der Waals surface area contributed by atoms with E-state index < -0.39 is 0 Å². The van der Waals surface area contributed by atoms with Gasteiger partial charge in [0.15, 0.2) is 0 Å². The fourth-order valence-corrected chi connectivity index (χ4v) is 3.25. The van der Waals surface area contributed by atoms with Crippen LogP contribution in [0.1, 0.15) is 49.9 Å². The standard InChI is InChI=1S/C15H21BrN2O/c1-15(2)8-4-5-10(9-15)18-14(19)11-6-3-7-12(17)13(11)16/h3,6-7,10H,4-5,8-9,17H2,1-2H3,(H,18,19). The molecule has 1 atom stereocenters. The smallest absolute Gasteiger partial charge is 0.252 e. The van der Waals surface area contributed by atoms with E-state index in [1.807, 2.05) is 0 Å². The summed E-state index contributed by atoms with van der Waals surface area (Å²) in [6.07, 6.45) is 4.52. The molecule has 0 aromatic heterocycles. The summed E-state index contributed by atoms with van der Waals surface area (Å²) in [5, 5.41) is 3.13. The van der Waals surface area contributed by atoms with E-state index in [0.717, 1.165) is 12.8 Å². The van der Waals surface area contributed by atoms with E-state index in [-0.39, 0.29) is 11.9 Å². The Labute approximate surface area is 123 Å². The van der Waals surface area contributed by atoms with Gasteiger partial charge in [0.2, 0.25) is 0 Å². The number of nitrogen functional groups attached to an aromatic ring is 1. The molecule has 0 saturated heterocycles. The molecule has 0 bridgehead atoms. The molecule has 0 heterocycles. The van der Waals surface area contributed by atoms with E-state index in [1.54, 1.807) is 18.2 Å². The van der Waals surface area contributed by atoms with Gasteiger partial charge in [-0.1, -0.05) is 26.3 Å². The topological polar surface area (TPSA) is 55.1 Å². The summed E-state index contributed by atoms with van der Waals surface area (Å²) in [6.45, 7) is 4.53. The van der Waals surface area contributed by atoms with E-state index in [4.69, 9.17) is 5.73 Å². The van der Waals surface area contributed by atoms with Crippen molar-refractivity contribution in [1.82, 2.24) is 5.32 Å². The maximum absolute atomic E-state index is 12.3. The highest BCUT2D eigenvalue weighted by molar-refractivity contribution is 9.10. The average molecular weight is 325 g/mol. The average Bonchev–Trinajstić information content (AvgIpc) is 2.31. The lowest BCUT2D eigenvalue weighted by Gasteiger charge is -2.35. The van der Waals surface area contributed by atoms with Gasteiger partial charge in [0.1, 0.15) is 0 Å². The first-order valence-corrected chi connectivity index (χ1v) is 7.53. The van der Waals surface area contributed by atoms with Crippen molar-refractivity contribution in [2.75, 3.05) is 5.73 Å². The van der Waals surface area contributed by atoms with Crippen molar-refractivity contribution in [2.45, 2.75) is 45.6 Å². The molecule has 1 saturated carbocycles. The monoisotopic (exact) mass is 324 g/mol. The van der Waals surface area contributed by atoms with Gasteiger partial charge in [-0.3, -0.25) is 4.79 Å².